The van der Waals surface area contributed by atoms with E-state index in [0.717, 1.165) is 4.47 Å². The smallest absolute Gasteiger partial charge is 0.168 e. The summed E-state index contributed by atoms with van der Waals surface area (Å²) in [6.45, 7) is 3.56. The van der Waals surface area contributed by atoms with Crippen molar-refractivity contribution in [1.82, 2.24) is 0 Å². The highest BCUT2D eigenvalue weighted by molar-refractivity contribution is 9.10. The number of ketones is 1. The Labute approximate surface area is 92.1 Å². The first kappa shape index (κ1) is 11.4. The standard InChI is InChI=1S/C11H13BrO2/c1-7(2)10(13)11(14)8-4-3-5-9(12)6-8/h3-7,11,14H,1-2H3. The number of benzene rings is 1. The average Bonchev–Trinajstić information content (AvgIpc) is 2.15. The number of carbonyl (C=O) groups excluding carboxylic acids is 1. The van der Waals surface area contributed by atoms with Crippen molar-refractivity contribution in [3.63, 3.8) is 0 Å². The molecular formula is C11H13BrO2. The molecule has 0 aliphatic rings. The van der Waals surface area contributed by atoms with Crippen LogP contribution in [0.15, 0.2) is 28.7 Å². The molecule has 1 unspecified atom stereocenters. The van der Waals surface area contributed by atoms with Crippen molar-refractivity contribution < 1.29 is 9.90 Å². The highest BCUT2D eigenvalue weighted by atomic mass is 79.9. The molecule has 0 bridgehead atoms. The minimum Gasteiger partial charge on any atom is -0.381 e. The fraction of sp³-hybridized carbons (Fsp3) is 0.364. The Morgan fingerprint density at radius 3 is 2.57 bits per heavy atom. The van der Waals surface area contributed by atoms with Gasteiger partial charge in [0.05, 0.1) is 0 Å². The lowest BCUT2D eigenvalue weighted by atomic mass is 9.98. The summed E-state index contributed by atoms with van der Waals surface area (Å²) in [5, 5.41) is 9.71. The van der Waals surface area contributed by atoms with Crippen LogP contribution in [0, 0.1) is 5.92 Å². The Morgan fingerprint density at radius 1 is 1.43 bits per heavy atom. The zero-order valence-corrected chi connectivity index (χ0v) is 9.78. The van der Waals surface area contributed by atoms with Gasteiger partial charge in [0.1, 0.15) is 6.10 Å². The molecule has 0 aliphatic carbocycles. The van der Waals surface area contributed by atoms with Crippen molar-refractivity contribution in [3.05, 3.63) is 34.3 Å². The first-order valence-corrected chi connectivity index (χ1v) is 5.29. The van der Waals surface area contributed by atoms with Crippen molar-refractivity contribution in [2.24, 2.45) is 5.92 Å². The molecular weight excluding hydrogens is 244 g/mol. The summed E-state index contributed by atoms with van der Waals surface area (Å²) in [6, 6.07) is 7.16. The number of aliphatic hydroxyl groups is 1. The quantitative estimate of drug-likeness (QED) is 0.903. The molecule has 1 rings (SSSR count). The molecule has 0 aliphatic heterocycles. The Morgan fingerprint density at radius 2 is 2.07 bits per heavy atom. The van der Waals surface area contributed by atoms with Crippen LogP contribution in [0.25, 0.3) is 0 Å². The second-order valence-corrected chi connectivity index (χ2v) is 4.43. The number of carbonyl (C=O) groups is 1. The molecule has 1 aromatic carbocycles. The Kier molecular flexibility index (Phi) is 3.84. The van der Waals surface area contributed by atoms with Gasteiger partial charge in [-0.05, 0) is 17.7 Å². The third-order valence-electron chi connectivity index (χ3n) is 2.00. The van der Waals surface area contributed by atoms with Gasteiger partial charge < -0.3 is 5.11 Å². The molecule has 0 spiro atoms. The van der Waals surface area contributed by atoms with Gasteiger partial charge in [0.15, 0.2) is 5.78 Å². The molecule has 0 amide bonds. The summed E-state index contributed by atoms with van der Waals surface area (Å²) in [7, 11) is 0. The molecule has 14 heavy (non-hydrogen) atoms. The van der Waals surface area contributed by atoms with Crippen LogP contribution < -0.4 is 0 Å². The van der Waals surface area contributed by atoms with Gasteiger partial charge in [-0.2, -0.15) is 0 Å². The monoisotopic (exact) mass is 256 g/mol. The average molecular weight is 257 g/mol. The van der Waals surface area contributed by atoms with Crippen molar-refractivity contribution in [1.29, 1.82) is 0 Å². The molecule has 1 aromatic rings. The van der Waals surface area contributed by atoms with E-state index in [9.17, 15) is 9.90 Å². The maximum atomic E-state index is 11.5. The molecule has 0 radical (unpaired) electrons. The molecule has 0 heterocycles. The van der Waals surface area contributed by atoms with E-state index in [2.05, 4.69) is 15.9 Å². The Bertz CT molecular complexity index is 334. The summed E-state index contributed by atoms with van der Waals surface area (Å²) < 4.78 is 0.866. The fourth-order valence-corrected chi connectivity index (χ4v) is 1.57. The van der Waals surface area contributed by atoms with Crippen LogP contribution in [-0.2, 0) is 4.79 Å². The van der Waals surface area contributed by atoms with E-state index in [1.54, 1.807) is 32.0 Å². The zero-order chi connectivity index (χ0) is 10.7. The molecule has 76 valence electrons. The van der Waals surface area contributed by atoms with E-state index in [4.69, 9.17) is 0 Å². The van der Waals surface area contributed by atoms with Gasteiger partial charge in [-0.1, -0.05) is 41.9 Å². The van der Waals surface area contributed by atoms with Gasteiger partial charge in [0.2, 0.25) is 0 Å². The van der Waals surface area contributed by atoms with Gasteiger partial charge in [-0.15, -0.1) is 0 Å². The largest absolute Gasteiger partial charge is 0.381 e. The number of halogens is 1. The third-order valence-corrected chi connectivity index (χ3v) is 2.50. The first-order chi connectivity index (χ1) is 6.52. The van der Waals surface area contributed by atoms with E-state index < -0.39 is 6.10 Å². The second-order valence-electron chi connectivity index (χ2n) is 3.51. The van der Waals surface area contributed by atoms with E-state index in [1.807, 2.05) is 6.07 Å². The van der Waals surface area contributed by atoms with Crippen molar-refractivity contribution in [2.75, 3.05) is 0 Å². The van der Waals surface area contributed by atoms with Gasteiger partial charge in [-0.3, -0.25) is 4.79 Å². The van der Waals surface area contributed by atoms with Gasteiger partial charge in [0, 0.05) is 10.4 Å². The molecule has 0 fully saturated rings. The maximum absolute atomic E-state index is 11.5. The topological polar surface area (TPSA) is 37.3 Å². The van der Waals surface area contributed by atoms with E-state index in [0.29, 0.717) is 5.56 Å². The number of aliphatic hydroxyl groups excluding tert-OH is 1. The van der Waals surface area contributed by atoms with Crippen LogP contribution in [0.1, 0.15) is 25.5 Å². The second kappa shape index (κ2) is 4.71. The maximum Gasteiger partial charge on any atom is 0.168 e. The minimum absolute atomic E-state index is 0.149. The predicted molar refractivity (Wildman–Crippen MR) is 58.9 cm³/mol. The number of hydrogen-bond donors (Lipinski definition) is 1. The number of Topliss-reactive ketones (excluding diaryl/α,β-unsaturated/α-hetero) is 1. The van der Waals surface area contributed by atoms with Gasteiger partial charge in [0.25, 0.3) is 0 Å². The summed E-state index contributed by atoms with van der Waals surface area (Å²) in [4.78, 5) is 11.5. The van der Waals surface area contributed by atoms with Crippen molar-refractivity contribution in [3.8, 4) is 0 Å². The van der Waals surface area contributed by atoms with Gasteiger partial charge >= 0.3 is 0 Å². The molecule has 0 aromatic heterocycles. The SMILES string of the molecule is CC(C)C(=O)C(O)c1cccc(Br)c1. The van der Waals surface area contributed by atoms with Crippen LogP contribution in [0.3, 0.4) is 0 Å². The van der Waals surface area contributed by atoms with E-state index in [-0.39, 0.29) is 11.7 Å². The summed E-state index contributed by atoms with van der Waals surface area (Å²) in [5.74, 6) is -0.299. The molecule has 1 atom stereocenters. The highest BCUT2D eigenvalue weighted by Crippen LogP contribution is 2.20. The summed E-state index contributed by atoms with van der Waals surface area (Å²) in [6.07, 6.45) is -1.01. The van der Waals surface area contributed by atoms with Gasteiger partial charge in [-0.25, -0.2) is 0 Å². The Balaban J connectivity index is 2.89. The zero-order valence-electron chi connectivity index (χ0n) is 8.20. The third kappa shape index (κ3) is 2.66. The molecule has 0 saturated carbocycles. The summed E-state index contributed by atoms with van der Waals surface area (Å²) >= 11 is 3.29. The van der Waals surface area contributed by atoms with Crippen LogP contribution in [0.4, 0.5) is 0 Å². The van der Waals surface area contributed by atoms with Crippen molar-refractivity contribution in [2.45, 2.75) is 20.0 Å². The lowest BCUT2D eigenvalue weighted by Crippen LogP contribution is -2.17. The lowest BCUT2D eigenvalue weighted by Gasteiger charge is -2.12. The first-order valence-electron chi connectivity index (χ1n) is 4.49. The number of hydrogen-bond acceptors (Lipinski definition) is 2. The number of rotatable bonds is 3. The lowest BCUT2D eigenvalue weighted by molar-refractivity contribution is -0.130. The van der Waals surface area contributed by atoms with E-state index in [1.165, 1.54) is 0 Å². The summed E-state index contributed by atoms with van der Waals surface area (Å²) in [5.41, 5.74) is 0.637. The fourth-order valence-electron chi connectivity index (χ4n) is 1.16. The molecule has 1 N–H and O–H groups in total. The highest BCUT2D eigenvalue weighted by Gasteiger charge is 2.19. The molecule has 3 heteroatoms. The Hall–Kier alpha value is -0.670. The normalized spacial score (nSPS) is 12.9. The van der Waals surface area contributed by atoms with Crippen molar-refractivity contribution >= 4 is 21.7 Å². The molecule has 2 nitrogen and oxygen atoms in total. The minimum atomic E-state index is -1.01. The van der Waals surface area contributed by atoms with Crippen LogP contribution >= 0.6 is 15.9 Å². The van der Waals surface area contributed by atoms with Crippen LogP contribution in [-0.4, -0.2) is 10.9 Å². The predicted octanol–water partition coefficient (Wildman–Crippen LogP) is 2.71. The van der Waals surface area contributed by atoms with Crippen LogP contribution in [0.2, 0.25) is 0 Å². The van der Waals surface area contributed by atoms with Crippen LogP contribution in [0.5, 0.6) is 0 Å². The molecule has 0 saturated heterocycles. The van der Waals surface area contributed by atoms with E-state index >= 15 is 0 Å².